The third-order valence-corrected chi connectivity index (χ3v) is 4.19. The van der Waals surface area contributed by atoms with Crippen LogP contribution in [0.4, 0.5) is 5.69 Å². The summed E-state index contributed by atoms with van der Waals surface area (Å²) in [5, 5.41) is 5.86. The number of nitrogens with two attached hydrogens (primary N) is 1. The van der Waals surface area contributed by atoms with Crippen LogP contribution in [0.3, 0.4) is 0 Å². The molecule has 0 aliphatic rings. The predicted octanol–water partition coefficient (Wildman–Crippen LogP) is 3.62. The van der Waals surface area contributed by atoms with Crippen molar-refractivity contribution in [1.29, 1.82) is 0 Å². The average molecular weight is 348 g/mol. The summed E-state index contributed by atoms with van der Waals surface area (Å²) >= 11 is 1.54. The van der Waals surface area contributed by atoms with Crippen LogP contribution < -0.4 is 11.1 Å². The van der Waals surface area contributed by atoms with Crippen LogP contribution in [-0.2, 0) is 5.54 Å². The van der Waals surface area contributed by atoms with Gasteiger partial charge in [0, 0.05) is 22.8 Å². The Balaban J connectivity index is 0.00000200. The molecule has 7 heteroatoms. The van der Waals surface area contributed by atoms with E-state index in [2.05, 4.69) is 10.3 Å². The lowest BCUT2D eigenvalue weighted by Gasteiger charge is -2.27. The number of benzene rings is 1. The van der Waals surface area contributed by atoms with Crippen molar-refractivity contribution in [2.45, 2.75) is 25.8 Å². The SMILES string of the molecule is CCC(C)(NC(=O)c1cccc(N)c1)c1nccs1.Cl.Cl. The number of nitrogen functional groups attached to an aromatic ring is 1. The Labute approximate surface area is 141 Å². The molecule has 1 unspecified atom stereocenters. The standard InChI is InChI=1S/C14H17N3OS.2ClH/c1-3-14(2,13-16-7-8-19-13)17-12(18)10-5-4-6-11(15)9-10;;/h4-9H,3,15H2,1-2H3,(H,17,18);2*1H. The zero-order chi connectivity index (χ0) is 13.9. The molecule has 0 saturated heterocycles. The smallest absolute Gasteiger partial charge is 0.252 e. The number of amides is 1. The summed E-state index contributed by atoms with van der Waals surface area (Å²) in [5.41, 5.74) is 6.40. The second kappa shape index (κ2) is 8.22. The molecule has 0 aliphatic heterocycles. The maximum Gasteiger partial charge on any atom is 0.252 e. The molecule has 0 bridgehead atoms. The van der Waals surface area contributed by atoms with E-state index in [1.165, 1.54) is 0 Å². The second-order valence-corrected chi connectivity index (χ2v) is 5.50. The van der Waals surface area contributed by atoms with Crippen LogP contribution >= 0.6 is 36.2 Å². The first-order chi connectivity index (χ1) is 9.05. The van der Waals surface area contributed by atoms with Gasteiger partial charge in [0.2, 0.25) is 0 Å². The van der Waals surface area contributed by atoms with E-state index in [-0.39, 0.29) is 30.7 Å². The van der Waals surface area contributed by atoms with Gasteiger partial charge in [0.25, 0.3) is 5.91 Å². The molecule has 1 aromatic heterocycles. The fraction of sp³-hybridized carbons (Fsp3) is 0.286. The first-order valence-electron chi connectivity index (χ1n) is 6.13. The highest BCUT2D eigenvalue weighted by Crippen LogP contribution is 2.26. The van der Waals surface area contributed by atoms with Crippen LogP contribution in [0.5, 0.6) is 0 Å². The van der Waals surface area contributed by atoms with Crippen molar-refractivity contribution in [3.63, 3.8) is 0 Å². The maximum atomic E-state index is 12.3. The lowest BCUT2D eigenvalue weighted by molar-refractivity contribution is 0.0902. The monoisotopic (exact) mass is 347 g/mol. The lowest BCUT2D eigenvalue weighted by atomic mass is 9.99. The molecule has 2 rings (SSSR count). The number of nitrogens with zero attached hydrogens (tertiary/aromatic N) is 1. The number of aromatic nitrogens is 1. The molecule has 2 aromatic rings. The Morgan fingerprint density at radius 3 is 2.67 bits per heavy atom. The van der Waals surface area contributed by atoms with E-state index < -0.39 is 5.54 Å². The van der Waals surface area contributed by atoms with Gasteiger partial charge in [-0.05, 0) is 31.5 Å². The van der Waals surface area contributed by atoms with Gasteiger partial charge in [-0.3, -0.25) is 4.79 Å². The van der Waals surface area contributed by atoms with Gasteiger partial charge in [-0.1, -0.05) is 13.0 Å². The molecule has 116 valence electrons. The molecular formula is C14H19Cl2N3OS. The number of hydrogen-bond acceptors (Lipinski definition) is 4. The van der Waals surface area contributed by atoms with Crippen LogP contribution in [0.1, 0.15) is 35.6 Å². The number of rotatable bonds is 4. The first kappa shape index (κ1) is 19.7. The molecule has 0 spiro atoms. The summed E-state index contributed by atoms with van der Waals surface area (Å²) in [4.78, 5) is 16.6. The van der Waals surface area contributed by atoms with E-state index in [9.17, 15) is 4.79 Å². The second-order valence-electron chi connectivity index (χ2n) is 4.60. The van der Waals surface area contributed by atoms with Crippen molar-refractivity contribution < 1.29 is 4.79 Å². The molecule has 1 heterocycles. The summed E-state index contributed by atoms with van der Waals surface area (Å²) in [7, 11) is 0. The van der Waals surface area contributed by atoms with Crippen molar-refractivity contribution in [2.75, 3.05) is 5.73 Å². The third-order valence-electron chi connectivity index (χ3n) is 3.15. The highest BCUT2D eigenvalue weighted by atomic mass is 35.5. The Kier molecular flexibility index (Phi) is 7.71. The number of halogens is 2. The van der Waals surface area contributed by atoms with Gasteiger partial charge in [0.15, 0.2) is 0 Å². The number of carbonyl (C=O) groups excluding carboxylic acids is 1. The van der Waals surface area contributed by atoms with Crippen LogP contribution in [0.15, 0.2) is 35.8 Å². The summed E-state index contributed by atoms with van der Waals surface area (Å²) in [5.74, 6) is -0.133. The quantitative estimate of drug-likeness (QED) is 0.829. The normalized spacial score (nSPS) is 12.5. The largest absolute Gasteiger partial charge is 0.399 e. The molecule has 3 N–H and O–H groups in total. The molecule has 0 radical (unpaired) electrons. The fourth-order valence-electron chi connectivity index (χ4n) is 1.79. The summed E-state index contributed by atoms with van der Waals surface area (Å²) in [6, 6.07) is 6.96. The van der Waals surface area contributed by atoms with Gasteiger partial charge < -0.3 is 11.1 Å². The van der Waals surface area contributed by atoms with Crippen LogP contribution in [0.2, 0.25) is 0 Å². The van der Waals surface area contributed by atoms with Gasteiger partial charge in [-0.25, -0.2) is 4.98 Å². The lowest BCUT2D eigenvalue weighted by Crippen LogP contribution is -2.43. The van der Waals surface area contributed by atoms with Crippen molar-refractivity contribution in [1.82, 2.24) is 10.3 Å². The fourth-order valence-corrected chi connectivity index (χ4v) is 2.62. The van der Waals surface area contributed by atoms with E-state index in [0.717, 1.165) is 11.4 Å². The number of nitrogens with one attached hydrogen (secondary N) is 1. The van der Waals surface area contributed by atoms with Crippen molar-refractivity contribution >= 4 is 47.7 Å². The number of carbonyl (C=O) groups is 1. The minimum Gasteiger partial charge on any atom is -0.399 e. The van der Waals surface area contributed by atoms with E-state index in [0.29, 0.717) is 11.3 Å². The topological polar surface area (TPSA) is 68.0 Å². The average Bonchev–Trinajstić information content (AvgIpc) is 2.93. The van der Waals surface area contributed by atoms with E-state index in [4.69, 9.17) is 5.73 Å². The molecular weight excluding hydrogens is 329 g/mol. The Morgan fingerprint density at radius 1 is 1.43 bits per heavy atom. The van der Waals surface area contributed by atoms with E-state index >= 15 is 0 Å². The van der Waals surface area contributed by atoms with Gasteiger partial charge in [0.1, 0.15) is 5.01 Å². The molecule has 21 heavy (non-hydrogen) atoms. The molecule has 0 fully saturated rings. The van der Waals surface area contributed by atoms with Crippen molar-refractivity contribution in [3.8, 4) is 0 Å². The minimum atomic E-state index is -0.449. The highest BCUT2D eigenvalue weighted by Gasteiger charge is 2.29. The van der Waals surface area contributed by atoms with Crippen molar-refractivity contribution in [3.05, 3.63) is 46.4 Å². The van der Waals surface area contributed by atoms with Gasteiger partial charge in [-0.2, -0.15) is 0 Å². The Hall–Kier alpha value is -1.30. The minimum absolute atomic E-state index is 0. The number of thiazole rings is 1. The summed E-state index contributed by atoms with van der Waals surface area (Å²) in [6.07, 6.45) is 2.52. The highest BCUT2D eigenvalue weighted by molar-refractivity contribution is 7.09. The molecule has 1 atom stereocenters. The maximum absolute atomic E-state index is 12.3. The van der Waals surface area contributed by atoms with Crippen LogP contribution in [-0.4, -0.2) is 10.9 Å². The van der Waals surface area contributed by atoms with Gasteiger partial charge >= 0.3 is 0 Å². The van der Waals surface area contributed by atoms with Crippen LogP contribution in [0.25, 0.3) is 0 Å². The van der Waals surface area contributed by atoms with E-state index in [1.807, 2.05) is 19.2 Å². The predicted molar refractivity (Wildman–Crippen MR) is 92.6 cm³/mol. The first-order valence-corrected chi connectivity index (χ1v) is 7.01. The van der Waals surface area contributed by atoms with Gasteiger partial charge in [0.05, 0.1) is 5.54 Å². The van der Waals surface area contributed by atoms with Gasteiger partial charge in [-0.15, -0.1) is 36.2 Å². The molecule has 0 saturated carbocycles. The molecule has 4 nitrogen and oxygen atoms in total. The number of anilines is 1. The van der Waals surface area contributed by atoms with E-state index in [1.54, 1.807) is 41.8 Å². The Morgan fingerprint density at radius 2 is 2.14 bits per heavy atom. The van der Waals surface area contributed by atoms with Crippen LogP contribution in [0, 0.1) is 0 Å². The zero-order valence-electron chi connectivity index (χ0n) is 11.8. The third kappa shape index (κ3) is 4.59. The summed E-state index contributed by atoms with van der Waals surface area (Å²) < 4.78 is 0. The number of hydrogen-bond donors (Lipinski definition) is 2. The Bertz CT molecular complexity index is 577. The van der Waals surface area contributed by atoms with Crippen molar-refractivity contribution in [2.24, 2.45) is 0 Å². The summed E-state index contributed by atoms with van der Waals surface area (Å²) in [6.45, 7) is 4.01. The molecule has 0 aliphatic carbocycles. The zero-order valence-corrected chi connectivity index (χ0v) is 14.3. The molecule has 1 aromatic carbocycles. The molecule has 1 amide bonds.